The van der Waals surface area contributed by atoms with Crippen LogP contribution >= 0.6 is 0 Å². The number of nitrogens with one attached hydrogen (secondary N) is 1. The highest BCUT2D eigenvalue weighted by atomic mass is 16.5. The Balaban J connectivity index is 1.90. The fourth-order valence-electron chi connectivity index (χ4n) is 3.58. The Bertz CT molecular complexity index is 361. The number of morpholine rings is 1. The zero-order valence-corrected chi connectivity index (χ0v) is 13.8. The third kappa shape index (κ3) is 5.27. The molecule has 2 amide bonds. The van der Waals surface area contributed by atoms with Gasteiger partial charge in [-0.05, 0) is 19.3 Å². The van der Waals surface area contributed by atoms with E-state index in [9.17, 15) is 9.59 Å². The summed E-state index contributed by atoms with van der Waals surface area (Å²) < 4.78 is 5.29. The summed E-state index contributed by atoms with van der Waals surface area (Å²) >= 11 is 0. The maximum absolute atomic E-state index is 12.4. The van der Waals surface area contributed by atoms with Crippen LogP contribution in [0.4, 0.5) is 0 Å². The molecule has 22 heavy (non-hydrogen) atoms. The van der Waals surface area contributed by atoms with E-state index >= 15 is 0 Å². The van der Waals surface area contributed by atoms with Crippen molar-refractivity contribution >= 4 is 11.8 Å². The standard InChI is InChI=1S/C17H30N2O3/c1-2-18-17(21)15(12-14-6-4-3-5-7-14)13-16(20)19-8-10-22-11-9-19/h14-15H,2-13H2,1H3,(H,18,21)/t15-/m1/s1. The second-order valence-corrected chi connectivity index (χ2v) is 6.53. The summed E-state index contributed by atoms with van der Waals surface area (Å²) in [5, 5.41) is 2.91. The number of ether oxygens (including phenoxy) is 1. The summed E-state index contributed by atoms with van der Waals surface area (Å²) in [7, 11) is 0. The number of nitrogens with zero attached hydrogens (tertiary/aromatic N) is 1. The number of rotatable bonds is 6. The molecule has 5 nitrogen and oxygen atoms in total. The zero-order chi connectivity index (χ0) is 15.8. The molecule has 0 spiro atoms. The molecule has 1 saturated carbocycles. The van der Waals surface area contributed by atoms with Gasteiger partial charge >= 0.3 is 0 Å². The molecule has 1 atom stereocenters. The van der Waals surface area contributed by atoms with Gasteiger partial charge in [0.1, 0.15) is 0 Å². The molecule has 0 unspecified atom stereocenters. The van der Waals surface area contributed by atoms with Crippen molar-refractivity contribution in [1.82, 2.24) is 10.2 Å². The third-order valence-electron chi connectivity index (χ3n) is 4.85. The predicted octanol–water partition coefficient (Wildman–Crippen LogP) is 1.96. The molecule has 2 fully saturated rings. The first-order chi connectivity index (χ1) is 10.7. The van der Waals surface area contributed by atoms with Crippen molar-refractivity contribution in [2.45, 2.75) is 51.9 Å². The van der Waals surface area contributed by atoms with Gasteiger partial charge in [0.2, 0.25) is 11.8 Å². The normalized spacial score (nSPS) is 21.4. The lowest BCUT2D eigenvalue weighted by atomic mass is 9.81. The van der Waals surface area contributed by atoms with Crippen LogP contribution in [-0.4, -0.2) is 49.6 Å². The minimum atomic E-state index is -0.168. The van der Waals surface area contributed by atoms with Crippen LogP contribution in [0.25, 0.3) is 0 Å². The van der Waals surface area contributed by atoms with E-state index < -0.39 is 0 Å². The smallest absolute Gasteiger partial charge is 0.223 e. The van der Waals surface area contributed by atoms with Crippen molar-refractivity contribution in [2.75, 3.05) is 32.8 Å². The topological polar surface area (TPSA) is 58.6 Å². The monoisotopic (exact) mass is 310 g/mol. The van der Waals surface area contributed by atoms with Crippen molar-refractivity contribution < 1.29 is 14.3 Å². The first-order valence-electron chi connectivity index (χ1n) is 8.84. The maximum Gasteiger partial charge on any atom is 0.223 e. The molecule has 1 aliphatic heterocycles. The predicted molar refractivity (Wildman–Crippen MR) is 85.4 cm³/mol. The van der Waals surface area contributed by atoms with Crippen LogP contribution in [0.3, 0.4) is 0 Å². The molecular formula is C17H30N2O3. The van der Waals surface area contributed by atoms with Gasteiger partial charge in [-0.25, -0.2) is 0 Å². The van der Waals surface area contributed by atoms with E-state index in [0.717, 1.165) is 6.42 Å². The van der Waals surface area contributed by atoms with Crippen molar-refractivity contribution in [3.8, 4) is 0 Å². The van der Waals surface area contributed by atoms with Crippen molar-refractivity contribution in [2.24, 2.45) is 11.8 Å². The van der Waals surface area contributed by atoms with Crippen LogP contribution < -0.4 is 5.32 Å². The number of hydrogen-bond acceptors (Lipinski definition) is 3. The zero-order valence-electron chi connectivity index (χ0n) is 13.8. The van der Waals surface area contributed by atoms with E-state index in [-0.39, 0.29) is 17.7 Å². The van der Waals surface area contributed by atoms with E-state index in [1.54, 1.807) is 0 Å². The van der Waals surface area contributed by atoms with Crippen molar-refractivity contribution in [1.29, 1.82) is 0 Å². The molecule has 0 aromatic rings. The number of hydrogen-bond donors (Lipinski definition) is 1. The molecule has 0 aromatic heterocycles. The summed E-state index contributed by atoms with van der Waals surface area (Å²) in [6.07, 6.45) is 7.48. The quantitative estimate of drug-likeness (QED) is 0.816. The van der Waals surface area contributed by atoms with Gasteiger partial charge in [0.15, 0.2) is 0 Å². The van der Waals surface area contributed by atoms with Crippen LogP contribution in [0.2, 0.25) is 0 Å². The van der Waals surface area contributed by atoms with E-state index in [1.807, 2.05) is 11.8 Å². The lowest BCUT2D eigenvalue weighted by Crippen LogP contribution is -2.43. The fraction of sp³-hybridized carbons (Fsp3) is 0.882. The largest absolute Gasteiger partial charge is 0.378 e. The van der Waals surface area contributed by atoms with E-state index in [4.69, 9.17) is 4.74 Å². The lowest BCUT2D eigenvalue weighted by Gasteiger charge is -2.30. The Labute approximate surface area is 133 Å². The first-order valence-corrected chi connectivity index (χ1v) is 8.84. The van der Waals surface area contributed by atoms with E-state index in [2.05, 4.69) is 5.32 Å². The van der Waals surface area contributed by atoms with Crippen LogP contribution in [0, 0.1) is 11.8 Å². The van der Waals surface area contributed by atoms with Crippen LogP contribution in [0.5, 0.6) is 0 Å². The number of carbonyl (C=O) groups excluding carboxylic acids is 2. The molecule has 2 rings (SSSR count). The third-order valence-corrected chi connectivity index (χ3v) is 4.85. The first kappa shape index (κ1) is 17.3. The van der Waals surface area contributed by atoms with Gasteiger partial charge in [-0.1, -0.05) is 32.1 Å². The highest BCUT2D eigenvalue weighted by molar-refractivity contribution is 5.85. The van der Waals surface area contributed by atoms with Crippen LogP contribution in [-0.2, 0) is 14.3 Å². The molecule has 1 aliphatic carbocycles. The Hall–Kier alpha value is -1.10. The van der Waals surface area contributed by atoms with Crippen LogP contribution in [0.1, 0.15) is 51.9 Å². The molecule has 0 radical (unpaired) electrons. The second-order valence-electron chi connectivity index (χ2n) is 6.53. The SMILES string of the molecule is CCNC(=O)[C@@H](CC(=O)N1CCOCC1)CC1CCCCC1. The van der Waals surface area contributed by atoms with E-state index in [0.29, 0.717) is 45.2 Å². The Morgan fingerprint density at radius 1 is 1.18 bits per heavy atom. The average molecular weight is 310 g/mol. The molecule has 126 valence electrons. The number of amides is 2. The Morgan fingerprint density at radius 2 is 1.86 bits per heavy atom. The number of carbonyl (C=O) groups is 2. The molecule has 0 aromatic carbocycles. The molecule has 5 heteroatoms. The Morgan fingerprint density at radius 3 is 2.50 bits per heavy atom. The summed E-state index contributed by atoms with van der Waals surface area (Å²) in [6, 6.07) is 0. The highest BCUT2D eigenvalue weighted by Gasteiger charge is 2.28. The molecule has 2 aliphatic rings. The summed E-state index contributed by atoms with van der Waals surface area (Å²) in [4.78, 5) is 26.6. The maximum atomic E-state index is 12.4. The summed E-state index contributed by atoms with van der Waals surface area (Å²) in [6.45, 7) is 5.10. The van der Waals surface area contributed by atoms with Gasteiger partial charge in [0.25, 0.3) is 0 Å². The minimum absolute atomic E-state index is 0.0506. The van der Waals surface area contributed by atoms with Gasteiger partial charge in [0, 0.05) is 32.0 Å². The van der Waals surface area contributed by atoms with Gasteiger partial charge in [-0.2, -0.15) is 0 Å². The van der Waals surface area contributed by atoms with Gasteiger partial charge in [-0.3, -0.25) is 9.59 Å². The summed E-state index contributed by atoms with van der Waals surface area (Å²) in [5.74, 6) is 0.599. The van der Waals surface area contributed by atoms with Gasteiger partial charge in [-0.15, -0.1) is 0 Å². The molecule has 1 N–H and O–H groups in total. The second kappa shape index (κ2) is 9.13. The molecule has 0 bridgehead atoms. The fourth-order valence-corrected chi connectivity index (χ4v) is 3.58. The van der Waals surface area contributed by atoms with Gasteiger partial charge < -0.3 is 15.0 Å². The molecule has 1 saturated heterocycles. The van der Waals surface area contributed by atoms with Crippen LogP contribution in [0.15, 0.2) is 0 Å². The van der Waals surface area contributed by atoms with Gasteiger partial charge in [0.05, 0.1) is 13.2 Å². The molecule has 1 heterocycles. The average Bonchev–Trinajstić information content (AvgIpc) is 2.56. The highest BCUT2D eigenvalue weighted by Crippen LogP contribution is 2.30. The molecular weight excluding hydrogens is 280 g/mol. The van der Waals surface area contributed by atoms with Crippen molar-refractivity contribution in [3.05, 3.63) is 0 Å². The Kier molecular flexibility index (Phi) is 7.16. The minimum Gasteiger partial charge on any atom is -0.378 e. The summed E-state index contributed by atoms with van der Waals surface area (Å²) in [5.41, 5.74) is 0. The van der Waals surface area contributed by atoms with Crippen molar-refractivity contribution in [3.63, 3.8) is 0 Å². The lowest BCUT2D eigenvalue weighted by molar-refractivity contribution is -0.139. The van der Waals surface area contributed by atoms with E-state index in [1.165, 1.54) is 32.1 Å².